The third kappa shape index (κ3) is 3.91. The topological polar surface area (TPSA) is 37.3 Å². The van der Waals surface area contributed by atoms with Gasteiger partial charge in [-0.25, -0.2) is 0 Å². The normalized spacial score (nSPS) is 12.5. The lowest BCUT2D eigenvalue weighted by Crippen LogP contribution is -2.36. The van der Waals surface area contributed by atoms with Crippen LogP contribution in [-0.2, 0) is 4.79 Å². The minimum Gasteiger partial charge on any atom is -0.481 e. The van der Waals surface area contributed by atoms with Gasteiger partial charge in [-0.05, 0) is 24.7 Å². The third-order valence-electron chi connectivity index (χ3n) is 2.35. The second-order valence-corrected chi connectivity index (χ2v) is 5.26. The van der Waals surface area contributed by atoms with Gasteiger partial charge in [-0.3, -0.25) is 4.79 Å². The van der Waals surface area contributed by atoms with Crippen LogP contribution in [0.1, 0.15) is 40.5 Å². The van der Waals surface area contributed by atoms with E-state index in [0.717, 1.165) is 0 Å². The second kappa shape index (κ2) is 5.64. The molecule has 0 aromatic heterocycles. The summed E-state index contributed by atoms with van der Waals surface area (Å²) in [7, 11) is 0. The highest BCUT2D eigenvalue weighted by Gasteiger charge is 2.38. The zero-order valence-electron chi connectivity index (χ0n) is 9.58. The van der Waals surface area contributed by atoms with Crippen molar-refractivity contribution < 1.29 is 9.90 Å². The van der Waals surface area contributed by atoms with Gasteiger partial charge in [0.2, 0.25) is 0 Å². The Morgan fingerprint density at radius 3 is 1.71 bits per heavy atom. The molecule has 0 heterocycles. The highest BCUT2D eigenvalue weighted by atomic mass is 32.1. The monoisotopic (exact) mass is 218 g/mol. The van der Waals surface area contributed by atoms with E-state index in [4.69, 9.17) is 0 Å². The van der Waals surface area contributed by atoms with Crippen LogP contribution in [0.4, 0.5) is 0 Å². The molecule has 2 nitrogen and oxygen atoms in total. The third-order valence-corrected chi connectivity index (χ3v) is 2.96. The fraction of sp³-hybridized carbons (Fsp3) is 0.909. The zero-order chi connectivity index (χ0) is 11.4. The largest absolute Gasteiger partial charge is 0.481 e. The molecule has 0 aliphatic carbocycles. The molecule has 0 bridgehead atoms. The minimum absolute atomic E-state index is 0.400. The summed E-state index contributed by atoms with van der Waals surface area (Å²) >= 11 is 4.21. The highest BCUT2D eigenvalue weighted by molar-refractivity contribution is 7.80. The molecule has 0 radical (unpaired) electrons. The van der Waals surface area contributed by atoms with Gasteiger partial charge in [0.1, 0.15) is 0 Å². The lowest BCUT2D eigenvalue weighted by atomic mass is 9.76. The summed E-state index contributed by atoms with van der Waals surface area (Å²) in [5, 5.41) is 9.27. The Morgan fingerprint density at radius 2 is 1.57 bits per heavy atom. The van der Waals surface area contributed by atoms with Crippen LogP contribution in [0.2, 0.25) is 0 Å². The number of carboxylic acids is 1. The molecule has 0 unspecified atom stereocenters. The molecule has 0 aliphatic heterocycles. The molecule has 0 aromatic carbocycles. The van der Waals surface area contributed by atoms with Crippen molar-refractivity contribution in [2.24, 2.45) is 17.3 Å². The number of rotatable bonds is 6. The second-order valence-electron chi connectivity index (χ2n) is 4.94. The number of hydrogen-bond donors (Lipinski definition) is 2. The molecule has 3 heteroatoms. The molecule has 0 atom stereocenters. The van der Waals surface area contributed by atoms with E-state index in [1.54, 1.807) is 0 Å². The molecule has 0 aromatic rings. The first-order chi connectivity index (χ1) is 6.34. The Balaban J connectivity index is 4.69. The summed E-state index contributed by atoms with van der Waals surface area (Å²) in [6.07, 6.45) is 1.42. The molecular formula is C11H22O2S. The van der Waals surface area contributed by atoms with Gasteiger partial charge in [-0.2, -0.15) is 12.6 Å². The van der Waals surface area contributed by atoms with Crippen LogP contribution < -0.4 is 0 Å². The zero-order valence-corrected chi connectivity index (χ0v) is 10.5. The first kappa shape index (κ1) is 13.8. The van der Waals surface area contributed by atoms with Gasteiger partial charge in [0.15, 0.2) is 0 Å². The van der Waals surface area contributed by atoms with E-state index >= 15 is 0 Å². The first-order valence-electron chi connectivity index (χ1n) is 5.18. The van der Waals surface area contributed by atoms with Crippen molar-refractivity contribution in [1.29, 1.82) is 0 Å². The predicted octanol–water partition coefficient (Wildman–Crippen LogP) is 3.08. The van der Waals surface area contributed by atoms with Crippen molar-refractivity contribution in [2.75, 3.05) is 5.75 Å². The minimum atomic E-state index is -0.699. The van der Waals surface area contributed by atoms with Crippen molar-refractivity contribution in [3.05, 3.63) is 0 Å². The Bertz CT molecular complexity index is 178. The Morgan fingerprint density at radius 1 is 1.21 bits per heavy atom. The lowest BCUT2D eigenvalue weighted by Gasteiger charge is -2.31. The molecule has 84 valence electrons. The molecule has 0 saturated carbocycles. The lowest BCUT2D eigenvalue weighted by molar-refractivity contribution is -0.149. The van der Waals surface area contributed by atoms with E-state index in [2.05, 4.69) is 40.3 Å². The number of carboxylic acid groups (broad SMARTS) is 1. The van der Waals surface area contributed by atoms with Crippen molar-refractivity contribution in [3.8, 4) is 0 Å². The van der Waals surface area contributed by atoms with Gasteiger partial charge >= 0.3 is 5.97 Å². The number of aliphatic carboxylic acids is 1. The van der Waals surface area contributed by atoms with Crippen molar-refractivity contribution in [3.63, 3.8) is 0 Å². The molecule has 0 saturated heterocycles. The van der Waals surface area contributed by atoms with Crippen molar-refractivity contribution >= 4 is 18.6 Å². The molecule has 1 N–H and O–H groups in total. The Labute approximate surface area is 92.5 Å². The maximum Gasteiger partial charge on any atom is 0.310 e. The summed E-state index contributed by atoms with van der Waals surface area (Å²) in [5.74, 6) is 0.530. The fourth-order valence-corrected chi connectivity index (χ4v) is 2.41. The van der Waals surface area contributed by atoms with Gasteiger partial charge < -0.3 is 5.11 Å². The van der Waals surface area contributed by atoms with Crippen LogP contribution in [0, 0.1) is 17.3 Å². The van der Waals surface area contributed by atoms with E-state index < -0.39 is 11.4 Å². The molecule has 0 spiro atoms. The number of thiol groups is 1. The van der Waals surface area contributed by atoms with Gasteiger partial charge in [0, 0.05) is 5.75 Å². The van der Waals surface area contributed by atoms with Gasteiger partial charge in [-0.15, -0.1) is 0 Å². The summed E-state index contributed by atoms with van der Waals surface area (Å²) in [4.78, 5) is 11.3. The van der Waals surface area contributed by atoms with Crippen LogP contribution in [0.3, 0.4) is 0 Å². The van der Waals surface area contributed by atoms with E-state index in [9.17, 15) is 9.90 Å². The molecule has 14 heavy (non-hydrogen) atoms. The quantitative estimate of drug-likeness (QED) is 0.672. The first-order valence-corrected chi connectivity index (χ1v) is 5.81. The molecule has 0 rings (SSSR count). The summed E-state index contributed by atoms with van der Waals surface area (Å²) in [6, 6.07) is 0. The van der Waals surface area contributed by atoms with E-state index in [1.807, 2.05) is 0 Å². The summed E-state index contributed by atoms with van der Waals surface area (Å²) in [5.41, 5.74) is -0.633. The fourth-order valence-electron chi connectivity index (χ4n) is 2.02. The van der Waals surface area contributed by atoms with E-state index in [1.165, 1.54) is 0 Å². The van der Waals surface area contributed by atoms with Gasteiger partial charge in [-0.1, -0.05) is 27.7 Å². The van der Waals surface area contributed by atoms with E-state index in [0.29, 0.717) is 30.4 Å². The van der Waals surface area contributed by atoms with Crippen molar-refractivity contribution in [1.82, 2.24) is 0 Å². The number of hydrogen-bond acceptors (Lipinski definition) is 2. The van der Waals surface area contributed by atoms with Gasteiger partial charge in [0.25, 0.3) is 0 Å². The maximum absolute atomic E-state index is 11.3. The standard InChI is InChI=1S/C11H22O2S/c1-8(2)5-11(7-14,10(12)13)6-9(3)4/h8-9,14H,5-7H2,1-4H3,(H,12,13). The molecular weight excluding hydrogens is 196 g/mol. The Hall–Kier alpha value is -0.180. The number of carbonyl (C=O) groups is 1. The van der Waals surface area contributed by atoms with Crippen molar-refractivity contribution in [2.45, 2.75) is 40.5 Å². The predicted molar refractivity (Wildman–Crippen MR) is 62.8 cm³/mol. The van der Waals surface area contributed by atoms with Crippen LogP contribution in [-0.4, -0.2) is 16.8 Å². The van der Waals surface area contributed by atoms with Crippen LogP contribution in [0.25, 0.3) is 0 Å². The SMILES string of the molecule is CC(C)CC(CS)(CC(C)C)C(=O)O. The highest BCUT2D eigenvalue weighted by Crippen LogP contribution is 2.35. The van der Waals surface area contributed by atoms with E-state index in [-0.39, 0.29) is 0 Å². The van der Waals surface area contributed by atoms with Gasteiger partial charge in [0.05, 0.1) is 5.41 Å². The van der Waals surface area contributed by atoms with Crippen LogP contribution in [0.5, 0.6) is 0 Å². The summed E-state index contributed by atoms with van der Waals surface area (Å²) < 4.78 is 0. The molecule has 0 amide bonds. The maximum atomic E-state index is 11.3. The van der Waals surface area contributed by atoms with Crippen LogP contribution >= 0.6 is 12.6 Å². The Kier molecular flexibility index (Phi) is 5.57. The van der Waals surface area contributed by atoms with Crippen LogP contribution in [0.15, 0.2) is 0 Å². The average Bonchev–Trinajstić information content (AvgIpc) is 2.00. The molecule has 0 fully saturated rings. The smallest absolute Gasteiger partial charge is 0.310 e. The average molecular weight is 218 g/mol. The molecule has 0 aliphatic rings. The summed E-state index contributed by atoms with van der Waals surface area (Å²) in [6.45, 7) is 8.23.